The van der Waals surface area contributed by atoms with Crippen LogP contribution in [0.25, 0.3) is 0 Å². The van der Waals surface area contributed by atoms with Gasteiger partial charge in [-0.1, -0.05) is 30.3 Å². The van der Waals surface area contributed by atoms with Gasteiger partial charge >= 0.3 is 0 Å². The topological polar surface area (TPSA) is 75.9 Å². The van der Waals surface area contributed by atoms with Gasteiger partial charge in [-0.3, -0.25) is 0 Å². The Kier molecular flexibility index (Phi) is 3.89. The van der Waals surface area contributed by atoms with E-state index in [1.54, 1.807) is 0 Å². The van der Waals surface area contributed by atoms with E-state index in [1.165, 1.54) is 11.9 Å². The van der Waals surface area contributed by atoms with Crippen LogP contribution in [0.5, 0.6) is 0 Å². The maximum atomic E-state index is 5.33. The predicted octanol–water partition coefficient (Wildman–Crippen LogP) is 2.14. The van der Waals surface area contributed by atoms with Gasteiger partial charge in [-0.15, -0.1) is 0 Å². The van der Waals surface area contributed by atoms with Crippen LogP contribution < -0.4 is 16.6 Å². The lowest BCUT2D eigenvalue weighted by Gasteiger charge is -2.09. The fourth-order valence-electron chi connectivity index (χ4n) is 1.38. The molecule has 4 N–H and O–H groups in total. The Bertz CT molecular complexity index is 488. The third kappa shape index (κ3) is 2.92. The van der Waals surface area contributed by atoms with Gasteiger partial charge in [-0.05, 0) is 21.5 Å². The van der Waals surface area contributed by atoms with Gasteiger partial charge in [0, 0.05) is 6.54 Å². The lowest BCUT2D eigenvalue weighted by Crippen LogP contribution is -2.11. The van der Waals surface area contributed by atoms with Crippen LogP contribution >= 0.6 is 15.9 Å². The van der Waals surface area contributed by atoms with Crippen LogP contribution in [0.4, 0.5) is 11.6 Å². The highest BCUT2D eigenvalue weighted by atomic mass is 79.9. The van der Waals surface area contributed by atoms with E-state index < -0.39 is 0 Å². The third-order valence-electron chi connectivity index (χ3n) is 2.23. The summed E-state index contributed by atoms with van der Waals surface area (Å²) in [4.78, 5) is 8.12. The van der Waals surface area contributed by atoms with Crippen LogP contribution in [0, 0.1) is 0 Å². The minimum atomic E-state index is 0.551. The van der Waals surface area contributed by atoms with Gasteiger partial charge in [0.25, 0.3) is 0 Å². The number of rotatable bonds is 4. The van der Waals surface area contributed by atoms with Crippen molar-refractivity contribution in [1.29, 1.82) is 0 Å². The Labute approximate surface area is 108 Å². The zero-order chi connectivity index (χ0) is 12.1. The van der Waals surface area contributed by atoms with Crippen LogP contribution in [-0.4, -0.2) is 9.97 Å². The van der Waals surface area contributed by atoms with Crippen molar-refractivity contribution < 1.29 is 0 Å². The molecule has 1 aromatic carbocycles. The molecule has 0 aliphatic heterocycles. The van der Waals surface area contributed by atoms with E-state index in [1.807, 2.05) is 30.3 Å². The van der Waals surface area contributed by atoms with Crippen LogP contribution in [-0.2, 0) is 6.54 Å². The molecular formula is C11H12BrN5. The Morgan fingerprint density at radius 1 is 1.12 bits per heavy atom. The molecule has 0 aliphatic rings. The summed E-state index contributed by atoms with van der Waals surface area (Å²) in [5, 5.41) is 3.21. The molecule has 0 atom stereocenters. The van der Waals surface area contributed by atoms with E-state index in [0.29, 0.717) is 18.2 Å². The first-order chi connectivity index (χ1) is 8.31. The molecule has 88 valence electrons. The third-order valence-corrected chi connectivity index (χ3v) is 2.98. The quantitative estimate of drug-likeness (QED) is 0.595. The molecule has 6 heteroatoms. The molecule has 1 aromatic heterocycles. The Morgan fingerprint density at radius 3 is 2.53 bits per heavy atom. The summed E-state index contributed by atoms with van der Waals surface area (Å²) in [6, 6.07) is 10.1. The second-order valence-electron chi connectivity index (χ2n) is 3.37. The molecule has 17 heavy (non-hydrogen) atoms. The second kappa shape index (κ2) is 5.60. The van der Waals surface area contributed by atoms with Gasteiger partial charge in [0.05, 0.1) is 0 Å². The first-order valence-electron chi connectivity index (χ1n) is 5.06. The summed E-state index contributed by atoms with van der Waals surface area (Å²) in [6.45, 7) is 0.695. The first-order valence-corrected chi connectivity index (χ1v) is 5.85. The highest BCUT2D eigenvalue weighted by Gasteiger charge is 2.06. The summed E-state index contributed by atoms with van der Waals surface area (Å²) < 4.78 is 0.721. The van der Waals surface area contributed by atoms with Gasteiger partial charge in [-0.2, -0.15) is 0 Å². The van der Waals surface area contributed by atoms with Crippen molar-refractivity contribution >= 4 is 27.6 Å². The van der Waals surface area contributed by atoms with Crippen LogP contribution in [0.1, 0.15) is 5.56 Å². The number of hydrogen-bond donors (Lipinski definition) is 3. The molecule has 0 saturated heterocycles. The van der Waals surface area contributed by atoms with Crippen molar-refractivity contribution in [3.63, 3.8) is 0 Å². The number of halogens is 1. The zero-order valence-corrected chi connectivity index (χ0v) is 10.6. The van der Waals surface area contributed by atoms with Gasteiger partial charge in [-0.25, -0.2) is 15.8 Å². The lowest BCUT2D eigenvalue weighted by atomic mass is 10.2. The molecule has 0 fully saturated rings. The van der Waals surface area contributed by atoms with Gasteiger partial charge in [0.15, 0.2) is 5.82 Å². The van der Waals surface area contributed by atoms with Crippen LogP contribution in [0.3, 0.4) is 0 Å². The minimum absolute atomic E-state index is 0.551. The number of anilines is 2. The summed E-state index contributed by atoms with van der Waals surface area (Å²) in [5.74, 6) is 6.59. The molecule has 0 bridgehead atoms. The monoisotopic (exact) mass is 293 g/mol. The molecular weight excluding hydrogens is 282 g/mol. The number of benzene rings is 1. The molecule has 0 radical (unpaired) electrons. The summed E-state index contributed by atoms with van der Waals surface area (Å²) in [6.07, 6.45) is 1.45. The Hall–Kier alpha value is -1.66. The van der Waals surface area contributed by atoms with E-state index in [2.05, 4.69) is 36.6 Å². The van der Waals surface area contributed by atoms with E-state index in [4.69, 9.17) is 5.84 Å². The van der Waals surface area contributed by atoms with Crippen LogP contribution in [0.15, 0.2) is 41.1 Å². The van der Waals surface area contributed by atoms with Crippen molar-refractivity contribution in [1.82, 2.24) is 9.97 Å². The molecule has 0 aliphatic carbocycles. The predicted molar refractivity (Wildman–Crippen MR) is 71.3 cm³/mol. The number of nitrogen functional groups attached to an aromatic ring is 1. The van der Waals surface area contributed by atoms with Crippen LogP contribution in [0.2, 0.25) is 0 Å². The van der Waals surface area contributed by atoms with Crippen molar-refractivity contribution in [2.24, 2.45) is 5.84 Å². The van der Waals surface area contributed by atoms with E-state index in [-0.39, 0.29) is 0 Å². The van der Waals surface area contributed by atoms with E-state index in [0.717, 1.165) is 4.47 Å². The van der Waals surface area contributed by atoms with E-state index in [9.17, 15) is 0 Å². The van der Waals surface area contributed by atoms with Crippen molar-refractivity contribution in [2.75, 3.05) is 10.7 Å². The largest absolute Gasteiger partial charge is 0.365 e. The summed E-state index contributed by atoms with van der Waals surface area (Å²) in [5.41, 5.74) is 3.68. The number of nitrogens with one attached hydrogen (secondary N) is 2. The molecule has 2 rings (SSSR count). The van der Waals surface area contributed by atoms with Crippen molar-refractivity contribution in [2.45, 2.75) is 6.54 Å². The fourth-order valence-corrected chi connectivity index (χ4v) is 1.83. The number of hydrogen-bond acceptors (Lipinski definition) is 5. The summed E-state index contributed by atoms with van der Waals surface area (Å²) in [7, 11) is 0. The van der Waals surface area contributed by atoms with E-state index >= 15 is 0 Å². The number of nitrogens with zero attached hydrogens (tertiary/aromatic N) is 2. The average Bonchev–Trinajstić information content (AvgIpc) is 2.39. The standard InChI is InChI=1S/C11H12BrN5/c12-9-10(15-7-16-11(9)17-13)14-6-8-4-2-1-3-5-8/h1-5,7H,6,13H2,(H2,14,15,16,17). The fraction of sp³-hybridized carbons (Fsp3) is 0.0909. The molecule has 2 aromatic rings. The van der Waals surface area contributed by atoms with Gasteiger partial charge < -0.3 is 10.7 Å². The molecule has 0 saturated carbocycles. The minimum Gasteiger partial charge on any atom is -0.365 e. The SMILES string of the molecule is NNc1ncnc(NCc2ccccc2)c1Br. The number of aromatic nitrogens is 2. The highest BCUT2D eigenvalue weighted by Crippen LogP contribution is 2.25. The summed E-state index contributed by atoms with van der Waals surface area (Å²) >= 11 is 3.38. The Morgan fingerprint density at radius 2 is 1.82 bits per heavy atom. The maximum absolute atomic E-state index is 5.33. The van der Waals surface area contributed by atoms with Crippen molar-refractivity contribution in [3.8, 4) is 0 Å². The maximum Gasteiger partial charge on any atom is 0.159 e. The smallest absolute Gasteiger partial charge is 0.159 e. The van der Waals surface area contributed by atoms with Gasteiger partial charge in [0.1, 0.15) is 16.6 Å². The number of nitrogens with two attached hydrogens (primary N) is 1. The van der Waals surface area contributed by atoms with Crippen molar-refractivity contribution in [3.05, 3.63) is 46.7 Å². The number of hydrazine groups is 1. The van der Waals surface area contributed by atoms with Gasteiger partial charge in [0.2, 0.25) is 0 Å². The first kappa shape index (κ1) is 11.8. The molecule has 1 heterocycles. The molecule has 5 nitrogen and oxygen atoms in total. The normalized spacial score (nSPS) is 10.0. The second-order valence-corrected chi connectivity index (χ2v) is 4.16. The average molecular weight is 294 g/mol. The molecule has 0 amide bonds. The zero-order valence-electron chi connectivity index (χ0n) is 9.02. The molecule has 0 spiro atoms. The highest BCUT2D eigenvalue weighted by molar-refractivity contribution is 9.10. The lowest BCUT2D eigenvalue weighted by molar-refractivity contribution is 1.06. The molecule has 0 unspecified atom stereocenters. The Balaban J connectivity index is 2.09.